The number of hydrogen-bond acceptors (Lipinski definition) is 2. The van der Waals surface area contributed by atoms with Crippen LogP contribution in [0.3, 0.4) is 0 Å². The highest BCUT2D eigenvalue weighted by molar-refractivity contribution is 9.10. The van der Waals surface area contributed by atoms with Gasteiger partial charge in [0.1, 0.15) is 0 Å². The van der Waals surface area contributed by atoms with Crippen LogP contribution in [0, 0.1) is 13.8 Å². The van der Waals surface area contributed by atoms with E-state index in [1.54, 1.807) is 0 Å². The number of benzene rings is 2. The lowest BCUT2D eigenvalue weighted by Crippen LogP contribution is -2.13. The first kappa shape index (κ1) is 15.6. The third kappa shape index (κ3) is 3.64. The zero-order valence-electron chi connectivity index (χ0n) is 12.7. The minimum absolute atomic E-state index is 0.0959. The zero-order valence-corrected chi connectivity index (χ0v) is 14.3. The fourth-order valence-electron chi connectivity index (χ4n) is 2.13. The summed E-state index contributed by atoms with van der Waals surface area (Å²) in [6.07, 6.45) is 0. The van der Waals surface area contributed by atoms with Crippen LogP contribution >= 0.6 is 15.9 Å². The summed E-state index contributed by atoms with van der Waals surface area (Å²) in [4.78, 5) is 14.3. The molecule has 2 aromatic carbocycles. The predicted octanol–water partition coefficient (Wildman–Crippen LogP) is 4.38. The van der Waals surface area contributed by atoms with Crippen LogP contribution in [0.4, 0.5) is 11.4 Å². The Kier molecular flexibility index (Phi) is 4.68. The van der Waals surface area contributed by atoms with Gasteiger partial charge in [0.25, 0.3) is 5.91 Å². The van der Waals surface area contributed by atoms with E-state index >= 15 is 0 Å². The number of aryl methyl sites for hydroxylation is 2. The maximum absolute atomic E-state index is 12.3. The van der Waals surface area contributed by atoms with Crippen molar-refractivity contribution in [3.8, 4) is 0 Å². The Morgan fingerprint density at radius 3 is 2.05 bits per heavy atom. The summed E-state index contributed by atoms with van der Waals surface area (Å²) in [5.41, 5.74) is 4.75. The van der Waals surface area contributed by atoms with Gasteiger partial charge in [0, 0.05) is 35.5 Å². The van der Waals surface area contributed by atoms with E-state index in [9.17, 15) is 4.79 Å². The fraction of sp³-hybridized carbons (Fsp3) is 0.235. The van der Waals surface area contributed by atoms with Gasteiger partial charge in [-0.2, -0.15) is 0 Å². The fourth-order valence-corrected chi connectivity index (χ4v) is 2.36. The molecule has 0 aromatic heterocycles. The van der Waals surface area contributed by atoms with Crippen molar-refractivity contribution in [3.63, 3.8) is 0 Å². The molecule has 0 saturated carbocycles. The minimum Gasteiger partial charge on any atom is -0.378 e. The van der Waals surface area contributed by atoms with Crippen LogP contribution in [0.5, 0.6) is 0 Å². The SMILES string of the molecule is Cc1cc(NC(=O)c2ccc(N(C)C)cc2)cc(C)c1Br. The van der Waals surface area contributed by atoms with E-state index in [0.29, 0.717) is 5.56 Å². The van der Waals surface area contributed by atoms with Crippen LogP contribution in [0.1, 0.15) is 21.5 Å². The Morgan fingerprint density at radius 1 is 1.05 bits per heavy atom. The molecule has 0 aliphatic carbocycles. The van der Waals surface area contributed by atoms with E-state index in [1.165, 1.54) is 0 Å². The van der Waals surface area contributed by atoms with Crippen molar-refractivity contribution in [1.29, 1.82) is 0 Å². The lowest BCUT2D eigenvalue weighted by atomic mass is 10.1. The molecule has 4 heteroatoms. The number of rotatable bonds is 3. The van der Waals surface area contributed by atoms with Gasteiger partial charge in [-0.15, -0.1) is 0 Å². The number of carbonyl (C=O) groups excluding carboxylic acids is 1. The van der Waals surface area contributed by atoms with Gasteiger partial charge in [0.15, 0.2) is 0 Å². The lowest BCUT2D eigenvalue weighted by Gasteiger charge is -2.13. The van der Waals surface area contributed by atoms with E-state index in [0.717, 1.165) is 27.0 Å². The van der Waals surface area contributed by atoms with Gasteiger partial charge in [0.05, 0.1) is 0 Å². The molecule has 0 aliphatic heterocycles. The summed E-state index contributed by atoms with van der Waals surface area (Å²) < 4.78 is 1.08. The monoisotopic (exact) mass is 346 g/mol. The average Bonchev–Trinajstić information content (AvgIpc) is 2.44. The number of nitrogens with one attached hydrogen (secondary N) is 1. The van der Waals surface area contributed by atoms with Gasteiger partial charge in [0.2, 0.25) is 0 Å². The summed E-state index contributed by atoms with van der Waals surface area (Å²) in [5, 5.41) is 2.94. The minimum atomic E-state index is -0.0959. The molecule has 0 atom stereocenters. The molecule has 0 spiro atoms. The van der Waals surface area contributed by atoms with Gasteiger partial charge in [-0.05, 0) is 61.4 Å². The molecular weight excluding hydrogens is 328 g/mol. The van der Waals surface area contributed by atoms with E-state index in [-0.39, 0.29) is 5.91 Å². The van der Waals surface area contributed by atoms with Gasteiger partial charge >= 0.3 is 0 Å². The topological polar surface area (TPSA) is 32.3 Å². The first-order valence-corrected chi connectivity index (χ1v) is 7.53. The van der Waals surface area contributed by atoms with Crippen LogP contribution in [0.2, 0.25) is 0 Å². The van der Waals surface area contributed by atoms with Gasteiger partial charge in [-0.25, -0.2) is 0 Å². The molecule has 1 N–H and O–H groups in total. The molecule has 2 rings (SSSR count). The van der Waals surface area contributed by atoms with Gasteiger partial charge < -0.3 is 10.2 Å². The molecule has 0 unspecified atom stereocenters. The second-order valence-electron chi connectivity index (χ2n) is 5.32. The maximum Gasteiger partial charge on any atom is 0.255 e. The van der Waals surface area contributed by atoms with Crippen LogP contribution < -0.4 is 10.2 Å². The second-order valence-corrected chi connectivity index (χ2v) is 6.11. The molecule has 0 saturated heterocycles. The van der Waals surface area contributed by atoms with Crippen LogP contribution in [-0.2, 0) is 0 Å². The number of anilines is 2. The van der Waals surface area contributed by atoms with Crippen molar-refractivity contribution in [2.75, 3.05) is 24.3 Å². The first-order valence-electron chi connectivity index (χ1n) is 6.74. The summed E-state index contributed by atoms with van der Waals surface area (Å²) in [6.45, 7) is 4.03. The highest BCUT2D eigenvalue weighted by Crippen LogP contribution is 2.25. The number of nitrogens with zero attached hydrogens (tertiary/aromatic N) is 1. The molecule has 0 fully saturated rings. The molecule has 0 radical (unpaired) electrons. The van der Waals surface area contributed by atoms with E-state index in [2.05, 4.69) is 21.2 Å². The summed E-state index contributed by atoms with van der Waals surface area (Å²) in [7, 11) is 3.95. The van der Waals surface area contributed by atoms with Crippen molar-refractivity contribution in [3.05, 3.63) is 57.6 Å². The third-order valence-electron chi connectivity index (χ3n) is 3.34. The van der Waals surface area contributed by atoms with Crippen molar-refractivity contribution < 1.29 is 4.79 Å². The predicted molar refractivity (Wildman–Crippen MR) is 92.3 cm³/mol. The zero-order chi connectivity index (χ0) is 15.6. The van der Waals surface area contributed by atoms with Crippen molar-refractivity contribution >= 4 is 33.2 Å². The maximum atomic E-state index is 12.3. The third-order valence-corrected chi connectivity index (χ3v) is 4.59. The highest BCUT2D eigenvalue weighted by atomic mass is 79.9. The summed E-state index contributed by atoms with van der Waals surface area (Å²) in [6, 6.07) is 11.5. The standard InChI is InChI=1S/C17H19BrN2O/c1-11-9-14(10-12(2)16(11)18)19-17(21)13-5-7-15(8-6-13)20(3)4/h5-10H,1-4H3,(H,19,21). The van der Waals surface area contributed by atoms with Crippen molar-refractivity contribution in [1.82, 2.24) is 0 Å². The molecule has 110 valence electrons. The Balaban J connectivity index is 2.18. The highest BCUT2D eigenvalue weighted by Gasteiger charge is 2.08. The molecule has 2 aromatic rings. The van der Waals surface area contributed by atoms with Gasteiger partial charge in [-0.3, -0.25) is 4.79 Å². The number of halogens is 1. The normalized spacial score (nSPS) is 10.3. The smallest absolute Gasteiger partial charge is 0.255 e. The Bertz CT molecular complexity index is 640. The molecule has 0 bridgehead atoms. The molecule has 0 heterocycles. The molecule has 21 heavy (non-hydrogen) atoms. The Labute approximate surface area is 134 Å². The van der Waals surface area contributed by atoms with Crippen molar-refractivity contribution in [2.45, 2.75) is 13.8 Å². The van der Waals surface area contributed by atoms with Gasteiger partial charge in [-0.1, -0.05) is 15.9 Å². The number of hydrogen-bond donors (Lipinski definition) is 1. The number of carbonyl (C=O) groups is 1. The largest absolute Gasteiger partial charge is 0.378 e. The molecule has 0 aliphatic rings. The second kappa shape index (κ2) is 6.31. The Hall–Kier alpha value is -1.81. The van der Waals surface area contributed by atoms with E-state index in [4.69, 9.17) is 0 Å². The van der Waals surface area contributed by atoms with E-state index < -0.39 is 0 Å². The average molecular weight is 347 g/mol. The summed E-state index contributed by atoms with van der Waals surface area (Å²) >= 11 is 3.53. The molecule has 1 amide bonds. The molecule has 3 nitrogen and oxygen atoms in total. The van der Waals surface area contributed by atoms with Crippen LogP contribution in [0.15, 0.2) is 40.9 Å². The lowest BCUT2D eigenvalue weighted by molar-refractivity contribution is 0.102. The summed E-state index contributed by atoms with van der Waals surface area (Å²) in [5.74, 6) is -0.0959. The number of amides is 1. The van der Waals surface area contributed by atoms with Crippen molar-refractivity contribution in [2.24, 2.45) is 0 Å². The van der Waals surface area contributed by atoms with E-state index in [1.807, 2.05) is 69.2 Å². The molecular formula is C17H19BrN2O. The van der Waals surface area contributed by atoms with Crippen LogP contribution in [-0.4, -0.2) is 20.0 Å². The van der Waals surface area contributed by atoms with Crippen LogP contribution in [0.25, 0.3) is 0 Å². The Morgan fingerprint density at radius 2 is 1.57 bits per heavy atom. The first-order chi connectivity index (χ1) is 9.88. The quantitative estimate of drug-likeness (QED) is 0.893.